The summed E-state index contributed by atoms with van der Waals surface area (Å²) in [5.74, 6) is 2.45. The maximum atomic E-state index is 11.9. The van der Waals surface area contributed by atoms with Crippen molar-refractivity contribution < 1.29 is 4.79 Å². The third-order valence-corrected chi connectivity index (χ3v) is 4.20. The van der Waals surface area contributed by atoms with E-state index >= 15 is 0 Å². The fourth-order valence-electron chi connectivity index (χ4n) is 2.85. The second kappa shape index (κ2) is 9.19. The van der Waals surface area contributed by atoms with Crippen LogP contribution in [0.2, 0.25) is 0 Å². The van der Waals surface area contributed by atoms with Crippen LogP contribution in [-0.2, 0) is 4.79 Å². The SMILES string of the molecule is Cc1ccc(Nc2cc(Nc3ccc(NC(=O)CC(C)C)cc3)nc(C)n2)cc1. The van der Waals surface area contributed by atoms with Crippen LogP contribution in [0.25, 0.3) is 0 Å². The van der Waals surface area contributed by atoms with Crippen molar-refractivity contribution in [2.75, 3.05) is 16.0 Å². The number of carbonyl (C=O) groups excluding carboxylic acids is 1. The summed E-state index contributed by atoms with van der Waals surface area (Å²) in [5, 5.41) is 9.51. The van der Waals surface area contributed by atoms with Crippen LogP contribution in [0.5, 0.6) is 0 Å². The Morgan fingerprint density at radius 2 is 1.31 bits per heavy atom. The van der Waals surface area contributed by atoms with Gasteiger partial charge in [-0.1, -0.05) is 31.5 Å². The van der Waals surface area contributed by atoms with Gasteiger partial charge in [-0.25, -0.2) is 9.97 Å². The molecule has 0 atom stereocenters. The van der Waals surface area contributed by atoms with Crippen molar-refractivity contribution in [1.29, 1.82) is 0 Å². The zero-order chi connectivity index (χ0) is 20.8. The van der Waals surface area contributed by atoms with Gasteiger partial charge in [0.1, 0.15) is 17.5 Å². The average molecular weight is 390 g/mol. The molecule has 0 spiro atoms. The molecule has 2 aromatic carbocycles. The minimum atomic E-state index is 0.0268. The molecule has 150 valence electrons. The number of aromatic nitrogens is 2. The number of nitrogens with zero attached hydrogens (tertiary/aromatic N) is 2. The highest BCUT2D eigenvalue weighted by molar-refractivity contribution is 5.91. The summed E-state index contributed by atoms with van der Waals surface area (Å²) >= 11 is 0. The van der Waals surface area contributed by atoms with Crippen LogP contribution in [0, 0.1) is 19.8 Å². The second-order valence-electron chi connectivity index (χ2n) is 7.53. The Kier molecular flexibility index (Phi) is 6.44. The number of rotatable bonds is 7. The molecule has 0 radical (unpaired) electrons. The monoisotopic (exact) mass is 389 g/mol. The zero-order valence-corrected chi connectivity index (χ0v) is 17.3. The Morgan fingerprint density at radius 3 is 1.83 bits per heavy atom. The molecule has 0 bridgehead atoms. The van der Waals surface area contributed by atoms with Crippen molar-refractivity contribution >= 4 is 34.6 Å². The lowest BCUT2D eigenvalue weighted by atomic mass is 10.1. The Bertz CT molecular complexity index is 966. The van der Waals surface area contributed by atoms with Crippen LogP contribution in [0.1, 0.15) is 31.7 Å². The van der Waals surface area contributed by atoms with Gasteiger partial charge < -0.3 is 16.0 Å². The van der Waals surface area contributed by atoms with E-state index in [2.05, 4.69) is 45.0 Å². The molecule has 29 heavy (non-hydrogen) atoms. The Hall–Kier alpha value is -3.41. The summed E-state index contributed by atoms with van der Waals surface area (Å²) in [6.45, 7) is 7.97. The van der Waals surface area contributed by atoms with E-state index < -0.39 is 0 Å². The largest absolute Gasteiger partial charge is 0.340 e. The van der Waals surface area contributed by atoms with Gasteiger partial charge in [-0.15, -0.1) is 0 Å². The van der Waals surface area contributed by atoms with Gasteiger partial charge in [0.15, 0.2) is 0 Å². The third kappa shape index (κ3) is 6.31. The zero-order valence-electron chi connectivity index (χ0n) is 17.3. The molecule has 0 aliphatic carbocycles. The Morgan fingerprint density at radius 1 is 0.828 bits per heavy atom. The summed E-state index contributed by atoms with van der Waals surface area (Å²) in [5.41, 5.74) is 3.84. The van der Waals surface area contributed by atoms with Crippen molar-refractivity contribution in [2.24, 2.45) is 5.92 Å². The predicted octanol–water partition coefficient (Wildman–Crippen LogP) is 5.57. The number of carbonyl (C=O) groups is 1. The molecule has 0 unspecified atom stereocenters. The molecule has 0 fully saturated rings. The molecule has 0 saturated heterocycles. The maximum Gasteiger partial charge on any atom is 0.224 e. The molecule has 3 aromatic rings. The smallest absolute Gasteiger partial charge is 0.224 e. The molecular formula is C23H27N5O. The summed E-state index contributed by atoms with van der Waals surface area (Å²) in [7, 11) is 0. The molecule has 0 aliphatic rings. The maximum absolute atomic E-state index is 11.9. The molecule has 6 nitrogen and oxygen atoms in total. The molecule has 0 saturated carbocycles. The third-order valence-electron chi connectivity index (χ3n) is 4.20. The fourth-order valence-corrected chi connectivity index (χ4v) is 2.85. The second-order valence-corrected chi connectivity index (χ2v) is 7.53. The van der Waals surface area contributed by atoms with E-state index in [0.29, 0.717) is 24.0 Å². The number of anilines is 5. The van der Waals surface area contributed by atoms with E-state index in [1.54, 1.807) is 0 Å². The topological polar surface area (TPSA) is 78.9 Å². The first-order chi connectivity index (χ1) is 13.9. The molecule has 1 aromatic heterocycles. The number of nitrogens with one attached hydrogen (secondary N) is 3. The average Bonchev–Trinajstić information content (AvgIpc) is 2.64. The highest BCUT2D eigenvalue weighted by Gasteiger charge is 2.06. The number of amides is 1. The first kappa shape index (κ1) is 20.3. The highest BCUT2D eigenvalue weighted by Crippen LogP contribution is 2.22. The molecule has 6 heteroatoms. The molecule has 3 N–H and O–H groups in total. The van der Waals surface area contributed by atoms with Crippen molar-refractivity contribution in [3.8, 4) is 0 Å². The van der Waals surface area contributed by atoms with E-state index in [1.807, 2.05) is 63.2 Å². The normalized spacial score (nSPS) is 10.7. The summed E-state index contributed by atoms with van der Waals surface area (Å²) in [4.78, 5) is 20.8. The first-order valence-electron chi connectivity index (χ1n) is 9.74. The molecule has 1 heterocycles. The van der Waals surface area contributed by atoms with Gasteiger partial charge in [0, 0.05) is 29.5 Å². The van der Waals surface area contributed by atoms with Crippen LogP contribution < -0.4 is 16.0 Å². The van der Waals surface area contributed by atoms with Crippen LogP contribution in [0.15, 0.2) is 54.6 Å². The summed E-state index contributed by atoms with van der Waals surface area (Å²) < 4.78 is 0. The van der Waals surface area contributed by atoms with Gasteiger partial charge in [0.2, 0.25) is 5.91 Å². The van der Waals surface area contributed by atoms with Gasteiger partial charge in [0.05, 0.1) is 0 Å². The van der Waals surface area contributed by atoms with Crippen LogP contribution in [0.4, 0.5) is 28.7 Å². The lowest BCUT2D eigenvalue weighted by Gasteiger charge is -2.11. The number of hydrogen-bond acceptors (Lipinski definition) is 5. The van der Waals surface area contributed by atoms with E-state index in [9.17, 15) is 4.79 Å². The lowest BCUT2D eigenvalue weighted by Crippen LogP contribution is -2.13. The first-order valence-corrected chi connectivity index (χ1v) is 9.74. The lowest BCUT2D eigenvalue weighted by molar-refractivity contribution is -0.116. The van der Waals surface area contributed by atoms with Crippen molar-refractivity contribution in [3.63, 3.8) is 0 Å². The van der Waals surface area contributed by atoms with Crippen LogP contribution in [-0.4, -0.2) is 15.9 Å². The number of hydrogen-bond donors (Lipinski definition) is 3. The van der Waals surface area contributed by atoms with Gasteiger partial charge in [0.25, 0.3) is 0 Å². The summed E-state index contributed by atoms with van der Waals surface area (Å²) in [6.07, 6.45) is 0.511. The van der Waals surface area contributed by atoms with E-state index in [0.717, 1.165) is 22.9 Å². The fraction of sp³-hybridized carbons (Fsp3) is 0.261. The van der Waals surface area contributed by atoms with Gasteiger partial charge in [-0.3, -0.25) is 4.79 Å². The van der Waals surface area contributed by atoms with Crippen molar-refractivity contribution in [3.05, 3.63) is 66.0 Å². The standard InChI is InChI=1S/C23H27N5O/c1-15(2)13-23(29)28-20-11-9-19(10-12-20)27-22-14-21(24-17(4)25-22)26-18-7-5-16(3)6-8-18/h5-12,14-15H,13H2,1-4H3,(H,28,29)(H2,24,25,26,27). The molecule has 3 rings (SSSR count). The van der Waals surface area contributed by atoms with E-state index in [4.69, 9.17) is 0 Å². The van der Waals surface area contributed by atoms with Crippen LogP contribution >= 0.6 is 0 Å². The quantitative estimate of drug-likeness (QED) is 0.493. The minimum absolute atomic E-state index is 0.0268. The van der Waals surface area contributed by atoms with E-state index in [1.165, 1.54) is 5.56 Å². The Labute approximate surface area is 171 Å². The Balaban J connectivity index is 1.67. The van der Waals surface area contributed by atoms with Gasteiger partial charge in [-0.05, 0) is 56.2 Å². The molecule has 0 aliphatic heterocycles. The van der Waals surface area contributed by atoms with Crippen molar-refractivity contribution in [2.45, 2.75) is 34.1 Å². The molecular weight excluding hydrogens is 362 g/mol. The number of aryl methyl sites for hydroxylation is 2. The van der Waals surface area contributed by atoms with Crippen LogP contribution in [0.3, 0.4) is 0 Å². The number of benzene rings is 2. The minimum Gasteiger partial charge on any atom is -0.340 e. The predicted molar refractivity (Wildman–Crippen MR) is 119 cm³/mol. The van der Waals surface area contributed by atoms with Gasteiger partial charge >= 0.3 is 0 Å². The van der Waals surface area contributed by atoms with Gasteiger partial charge in [-0.2, -0.15) is 0 Å². The summed E-state index contributed by atoms with van der Waals surface area (Å²) in [6, 6.07) is 17.6. The molecule has 1 amide bonds. The van der Waals surface area contributed by atoms with Crippen molar-refractivity contribution in [1.82, 2.24) is 9.97 Å². The highest BCUT2D eigenvalue weighted by atomic mass is 16.1. The van der Waals surface area contributed by atoms with E-state index in [-0.39, 0.29) is 5.91 Å².